The molecule has 5 heteroatoms. The van der Waals surface area contributed by atoms with E-state index < -0.39 is 5.97 Å². The number of carboxylic acid groups (broad SMARTS) is 1. The Hall–Kier alpha value is -2.56. The maximum absolute atomic E-state index is 14.1. The van der Waals surface area contributed by atoms with E-state index in [0.29, 0.717) is 30.1 Å². The Morgan fingerprint density at radius 3 is 2.48 bits per heavy atom. The van der Waals surface area contributed by atoms with E-state index in [1.165, 1.54) is 6.07 Å². The topological polar surface area (TPSA) is 55.8 Å². The van der Waals surface area contributed by atoms with Gasteiger partial charge in [-0.2, -0.15) is 0 Å². The fourth-order valence-electron chi connectivity index (χ4n) is 2.74. The summed E-state index contributed by atoms with van der Waals surface area (Å²) in [6.45, 7) is 4.23. The lowest BCUT2D eigenvalue weighted by atomic mass is 10.0. The van der Waals surface area contributed by atoms with Crippen LogP contribution in [-0.2, 0) is 4.79 Å². The van der Waals surface area contributed by atoms with Gasteiger partial charge in [0.2, 0.25) is 0 Å². The number of carboxylic acids is 1. The van der Waals surface area contributed by atoms with Crippen molar-refractivity contribution in [3.8, 4) is 22.6 Å². The minimum Gasteiger partial charge on any atom is -0.493 e. The summed E-state index contributed by atoms with van der Waals surface area (Å²) in [5.41, 5.74) is 1.20. The van der Waals surface area contributed by atoms with E-state index in [1.54, 1.807) is 36.4 Å². The average molecular weight is 344 g/mol. The highest BCUT2D eigenvalue weighted by Gasteiger charge is 2.43. The maximum Gasteiger partial charge on any atom is 0.306 e. The summed E-state index contributed by atoms with van der Waals surface area (Å²) in [4.78, 5) is 10.8. The molecule has 0 aliphatic heterocycles. The molecule has 0 amide bonds. The van der Waals surface area contributed by atoms with Crippen molar-refractivity contribution in [1.82, 2.24) is 0 Å². The van der Waals surface area contributed by atoms with Crippen molar-refractivity contribution < 1.29 is 23.8 Å². The molecule has 0 bridgehead atoms. The third-order valence-corrected chi connectivity index (χ3v) is 4.18. The number of hydrogen-bond donors (Lipinski definition) is 1. The fraction of sp³-hybridized carbons (Fsp3) is 0.350. The minimum absolute atomic E-state index is 0.0196. The molecule has 25 heavy (non-hydrogen) atoms. The van der Waals surface area contributed by atoms with E-state index in [9.17, 15) is 9.18 Å². The number of aliphatic carboxylic acids is 1. The maximum atomic E-state index is 14.1. The molecule has 4 nitrogen and oxygen atoms in total. The molecule has 0 spiro atoms. The van der Waals surface area contributed by atoms with Gasteiger partial charge >= 0.3 is 5.97 Å². The predicted octanol–water partition coefficient (Wildman–Crippen LogP) is 4.38. The molecule has 1 aliphatic rings. The van der Waals surface area contributed by atoms with Crippen LogP contribution in [0.2, 0.25) is 0 Å². The molecule has 1 N–H and O–H groups in total. The summed E-state index contributed by atoms with van der Waals surface area (Å²) in [6.07, 6.45) is 0.688. The highest BCUT2D eigenvalue weighted by Crippen LogP contribution is 2.39. The normalized spacial score (nSPS) is 18.9. The van der Waals surface area contributed by atoms with Crippen molar-refractivity contribution in [3.05, 3.63) is 48.3 Å². The van der Waals surface area contributed by atoms with Crippen LogP contribution in [0, 0.1) is 17.7 Å². The van der Waals surface area contributed by atoms with E-state index in [-0.39, 0.29) is 23.8 Å². The van der Waals surface area contributed by atoms with Gasteiger partial charge in [0.25, 0.3) is 0 Å². The van der Waals surface area contributed by atoms with E-state index in [4.69, 9.17) is 14.6 Å². The summed E-state index contributed by atoms with van der Waals surface area (Å²) in [6, 6.07) is 11.8. The van der Waals surface area contributed by atoms with Crippen LogP contribution in [0.15, 0.2) is 42.5 Å². The summed E-state index contributed by atoms with van der Waals surface area (Å²) < 4.78 is 25.4. The first-order valence-electron chi connectivity index (χ1n) is 8.36. The predicted molar refractivity (Wildman–Crippen MR) is 92.3 cm³/mol. The first-order chi connectivity index (χ1) is 11.9. The highest BCUT2D eigenvalue weighted by molar-refractivity contribution is 5.73. The van der Waals surface area contributed by atoms with Crippen LogP contribution < -0.4 is 9.47 Å². The van der Waals surface area contributed by atoms with Crippen LogP contribution in [0.3, 0.4) is 0 Å². The molecule has 1 saturated carbocycles. The molecule has 132 valence electrons. The number of benzene rings is 2. The molecule has 0 heterocycles. The Balaban J connectivity index is 1.67. The van der Waals surface area contributed by atoms with E-state index in [2.05, 4.69) is 0 Å². The molecule has 2 atom stereocenters. The van der Waals surface area contributed by atoms with E-state index in [0.717, 1.165) is 5.56 Å². The Morgan fingerprint density at radius 1 is 1.20 bits per heavy atom. The average Bonchev–Trinajstić information content (AvgIpc) is 3.35. The lowest BCUT2D eigenvalue weighted by Gasteiger charge is -2.12. The molecule has 0 aromatic heterocycles. The smallest absolute Gasteiger partial charge is 0.306 e. The van der Waals surface area contributed by atoms with Gasteiger partial charge in [0.1, 0.15) is 17.3 Å². The summed E-state index contributed by atoms with van der Waals surface area (Å²) in [7, 11) is 0. The third kappa shape index (κ3) is 4.29. The Labute approximate surface area is 146 Å². The van der Waals surface area contributed by atoms with Gasteiger partial charge in [-0.1, -0.05) is 12.1 Å². The number of hydrogen-bond acceptors (Lipinski definition) is 3. The summed E-state index contributed by atoms with van der Waals surface area (Å²) in [5.74, 6) is 0.00137. The second kappa shape index (κ2) is 7.13. The molecule has 2 aromatic rings. The lowest BCUT2D eigenvalue weighted by molar-refractivity contribution is -0.138. The monoisotopic (exact) mass is 344 g/mol. The van der Waals surface area contributed by atoms with Gasteiger partial charge in [-0.25, -0.2) is 4.39 Å². The van der Waals surface area contributed by atoms with Gasteiger partial charge in [-0.05, 0) is 56.2 Å². The standard InChI is InChI=1S/C20H21FO4/c1-12(2)25-16-7-8-19(21)17(10-16)13-3-5-15(6-4-13)24-11-14-9-18(14)20(22)23/h3-8,10,12,14,18H,9,11H2,1-2H3,(H,22,23)/t14-,18+/m0/s1. The van der Waals surface area contributed by atoms with E-state index >= 15 is 0 Å². The molecular weight excluding hydrogens is 323 g/mol. The second-order valence-electron chi connectivity index (χ2n) is 6.58. The van der Waals surface area contributed by atoms with Gasteiger partial charge in [0.15, 0.2) is 0 Å². The molecule has 0 saturated heterocycles. The molecule has 1 aliphatic carbocycles. The Kier molecular flexibility index (Phi) is 4.93. The zero-order valence-corrected chi connectivity index (χ0v) is 14.2. The van der Waals surface area contributed by atoms with Crippen molar-refractivity contribution in [2.45, 2.75) is 26.4 Å². The quantitative estimate of drug-likeness (QED) is 0.810. The van der Waals surface area contributed by atoms with Crippen LogP contribution in [0.4, 0.5) is 4.39 Å². The Morgan fingerprint density at radius 2 is 1.88 bits per heavy atom. The van der Waals surface area contributed by atoms with Crippen LogP contribution >= 0.6 is 0 Å². The summed E-state index contributed by atoms with van der Waals surface area (Å²) in [5, 5.41) is 8.88. The highest BCUT2D eigenvalue weighted by atomic mass is 19.1. The minimum atomic E-state index is -0.761. The van der Waals surface area contributed by atoms with Crippen LogP contribution in [0.25, 0.3) is 11.1 Å². The molecule has 2 aromatic carbocycles. The largest absolute Gasteiger partial charge is 0.493 e. The van der Waals surface area contributed by atoms with Crippen molar-refractivity contribution in [1.29, 1.82) is 0 Å². The molecule has 0 radical (unpaired) electrons. The molecule has 0 unspecified atom stereocenters. The SMILES string of the molecule is CC(C)Oc1ccc(F)c(-c2ccc(OC[C@@H]3C[C@H]3C(=O)O)cc2)c1. The third-order valence-electron chi connectivity index (χ3n) is 4.18. The van der Waals surface area contributed by atoms with Crippen molar-refractivity contribution >= 4 is 5.97 Å². The van der Waals surface area contributed by atoms with Crippen molar-refractivity contribution in [2.24, 2.45) is 11.8 Å². The van der Waals surface area contributed by atoms with Crippen LogP contribution in [-0.4, -0.2) is 23.8 Å². The number of carbonyl (C=O) groups is 1. The van der Waals surface area contributed by atoms with Gasteiger partial charge in [-0.15, -0.1) is 0 Å². The van der Waals surface area contributed by atoms with E-state index in [1.807, 2.05) is 13.8 Å². The van der Waals surface area contributed by atoms with Crippen molar-refractivity contribution in [2.75, 3.05) is 6.61 Å². The Bertz CT molecular complexity index is 755. The second-order valence-corrected chi connectivity index (χ2v) is 6.58. The van der Waals surface area contributed by atoms with Crippen molar-refractivity contribution in [3.63, 3.8) is 0 Å². The molecule has 1 fully saturated rings. The first-order valence-corrected chi connectivity index (χ1v) is 8.36. The first kappa shape index (κ1) is 17.3. The van der Waals surface area contributed by atoms with Gasteiger partial charge in [-0.3, -0.25) is 4.79 Å². The molecular formula is C20H21FO4. The zero-order valence-electron chi connectivity index (χ0n) is 14.2. The van der Waals surface area contributed by atoms with Crippen LogP contribution in [0.5, 0.6) is 11.5 Å². The van der Waals surface area contributed by atoms with Crippen LogP contribution in [0.1, 0.15) is 20.3 Å². The zero-order chi connectivity index (χ0) is 18.0. The summed E-state index contributed by atoms with van der Waals surface area (Å²) >= 11 is 0. The fourth-order valence-corrected chi connectivity index (χ4v) is 2.74. The molecule has 3 rings (SSSR count). The number of rotatable bonds is 7. The number of halogens is 1. The lowest BCUT2D eigenvalue weighted by Crippen LogP contribution is -2.06. The van der Waals surface area contributed by atoms with Gasteiger partial charge in [0, 0.05) is 11.5 Å². The van der Waals surface area contributed by atoms with Gasteiger partial charge < -0.3 is 14.6 Å². The van der Waals surface area contributed by atoms with Gasteiger partial charge in [0.05, 0.1) is 18.6 Å². The number of ether oxygens (including phenoxy) is 2.